The summed E-state index contributed by atoms with van der Waals surface area (Å²) in [5.74, 6) is 0.190. The van der Waals surface area contributed by atoms with Crippen molar-refractivity contribution < 1.29 is 9.37 Å². The minimum atomic E-state index is 0.190. The molecule has 1 fully saturated rings. The van der Waals surface area contributed by atoms with Crippen LogP contribution in [0.3, 0.4) is 0 Å². The van der Waals surface area contributed by atoms with Crippen LogP contribution in [0.4, 0.5) is 0 Å². The smallest absolute Gasteiger partial charge is 0.228 e. The lowest BCUT2D eigenvalue weighted by molar-refractivity contribution is -0.518. The van der Waals surface area contributed by atoms with Crippen LogP contribution < -0.4 is 0 Å². The first kappa shape index (κ1) is 20.7. The van der Waals surface area contributed by atoms with Gasteiger partial charge in [-0.1, -0.05) is 42.0 Å². The van der Waals surface area contributed by atoms with Crippen LogP contribution in [-0.4, -0.2) is 57.7 Å². The van der Waals surface area contributed by atoms with Gasteiger partial charge in [0.15, 0.2) is 19.3 Å². The normalized spacial score (nSPS) is 18.3. The number of imidazole rings is 1. The van der Waals surface area contributed by atoms with E-state index in [1.165, 1.54) is 11.1 Å². The van der Waals surface area contributed by atoms with E-state index >= 15 is 0 Å². The van der Waals surface area contributed by atoms with E-state index in [-0.39, 0.29) is 5.91 Å². The van der Waals surface area contributed by atoms with E-state index in [0.717, 1.165) is 42.0 Å². The first-order valence-electron chi connectivity index (χ1n) is 11.1. The van der Waals surface area contributed by atoms with Gasteiger partial charge in [-0.25, -0.2) is 9.56 Å². The molecule has 5 nitrogen and oxygen atoms in total. The summed E-state index contributed by atoms with van der Waals surface area (Å²) in [4.78, 5) is 18.9. The molecule has 1 aromatic carbocycles. The van der Waals surface area contributed by atoms with Gasteiger partial charge in [0.2, 0.25) is 5.91 Å². The second kappa shape index (κ2) is 8.75. The lowest BCUT2D eigenvalue weighted by Crippen LogP contribution is -2.27. The van der Waals surface area contributed by atoms with Gasteiger partial charge in [-0.15, -0.1) is 0 Å². The quantitative estimate of drug-likeness (QED) is 0.549. The van der Waals surface area contributed by atoms with Crippen molar-refractivity contribution in [3.05, 3.63) is 77.1 Å². The third-order valence-corrected chi connectivity index (χ3v) is 6.42. The van der Waals surface area contributed by atoms with E-state index in [9.17, 15) is 4.79 Å². The highest BCUT2D eigenvalue weighted by atomic mass is 35.5. The van der Waals surface area contributed by atoms with Gasteiger partial charge in [-0.2, -0.15) is 0 Å². The average molecular weight is 446 g/mol. The van der Waals surface area contributed by atoms with Crippen LogP contribution in [0.25, 0.3) is 22.5 Å². The molecule has 0 atom stereocenters. The number of pyridine rings is 1. The number of amides is 1. The van der Waals surface area contributed by atoms with E-state index in [1.54, 1.807) is 0 Å². The molecule has 5 rings (SSSR count). The van der Waals surface area contributed by atoms with Crippen molar-refractivity contribution in [2.24, 2.45) is 0 Å². The Kier molecular flexibility index (Phi) is 5.66. The van der Waals surface area contributed by atoms with Crippen LogP contribution in [0.5, 0.6) is 0 Å². The van der Waals surface area contributed by atoms with Gasteiger partial charge in [-0.3, -0.25) is 9.20 Å². The summed E-state index contributed by atoms with van der Waals surface area (Å²) in [5.41, 5.74) is 6.26. The molecule has 3 aromatic rings. The Morgan fingerprint density at radius 2 is 1.88 bits per heavy atom. The number of hydrogen-bond acceptors (Lipinski definition) is 2. The standard InChI is InChI=1S/C26H26ClN4O/c1-29-15-16-30(14-13-25(29)32)18-23-26(20-7-10-22(27)11-8-20)28-24-12-9-21(17-31(23)24)19-5-3-2-4-6-19/h3,5-12,17-18H,2,4,13-16H2,1H3/q+1. The minimum absolute atomic E-state index is 0.190. The molecule has 1 aliphatic heterocycles. The Balaban J connectivity index is 1.66. The van der Waals surface area contributed by atoms with Crippen LogP contribution >= 0.6 is 11.6 Å². The summed E-state index contributed by atoms with van der Waals surface area (Å²) in [7, 11) is 1.87. The molecule has 1 amide bonds. The van der Waals surface area contributed by atoms with Gasteiger partial charge < -0.3 is 4.90 Å². The first-order chi connectivity index (χ1) is 15.6. The van der Waals surface area contributed by atoms with E-state index in [4.69, 9.17) is 16.6 Å². The predicted octanol–water partition coefficient (Wildman–Crippen LogP) is 4.68. The molecule has 0 spiro atoms. The maximum atomic E-state index is 12.2. The van der Waals surface area contributed by atoms with Gasteiger partial charge in [0.05, 0.1) is 13.0 Å². The molecular weight excluding hydrogens is 420 g/mol. The third kappa shape index (κ3) is 4.13. The molecule has 0 unspecified atom stereocenters. The number of aromatic nitrogens is 2. The number of carbonyl (C=O) groups is 1. The number of benzene rings is 1. The van der Waals surface area contributed by atoms with Gasteiger partial charge >= 0.3 is 0 Å². The van der Waals surface area contributed by atoms with Gasteiger partial charge in [0.25, 0.3) is 0 Å². The summed E-state index contributed by atoms with van der Waals surface area (Å²) in [6.45, 7) is 2.21. The Morgan fingerprint density at radius 1 is 1.06 bits per heavy atom. The SMILES string of the molecule is CN1CC[N+](=Cc2c(-c3ccc(Cl)cc3)nc3ccc(C4=CCCC=C4)cn23)CCC1=O. The highest BCUT2D eigenvalue weighted by molar-refractivity contribution is 6.30. The van der Waals surface area contributed by atoms with Crippen molar-refractivity contribution in [3.63, 3.8) is 0 Å². The van der Waals surface area contributed by atoms with Crippen molar-refractivity contribution in [2.75, 3.05) is 26.7 Å². The molecule has 1 saturated heterocycles. The largest absolute Gasteiger partial charge is 0.339 e. The van der Waals surface area contributed by atoms with Gasteiger partial charge in [0.1, 0.15) is 17.0 Å². The molecule has 0 bridgehead atoms. The number of halogens is 1. The zero-order valence-electron chi connectivity index (χ0n) is 18.2. The average Bonchev–Trinajstić information content (AvgIpc) is 3.10. The molecule has 32 heavy (non-hydrogen) atoms. The van der Waals surface area contributed by atoms with E-state index in [2.05, 4.69) is 51.7 Å². The molecular formula is C26H26ClN4O+. The number of allylic oxidation sites excluding steroid dienone is 4. The summed E-state index contributed by atoms with van der Waals surface area (Å²) in [5, 5.41) is 0.704. The highest BCUT2D eigenvalue weighted by Gasteiger charge is 2.22. The lowest BCUT2D eigenvalue weighted by atomic mass is 10.0. The second-order valence-electron chi connectivity index (χ2n) is 8.37. The summed E-state index contributed by atoms with van der Waals surface area (Å²) in [6, 6.07) is 12.0. The first-order valence-corrected chi connectivity index (χ1v) is 11.4. The van der Waals surface area contributed by atoms with Gasteiger partial charge in [-0.05, 0) is 48.2 Å². The van der Waals surface area contributed by atoms with Crippen molar-refractivity contribution in [2.45, 2.75) is 19.3 Å². The summed E-state index contributed by atoms with van der Waals surface area (Å²) in [6.07, 6.45) is 13.7. The number of likely N-dealkylation sites (N-methyl/N-ethyl adjacent to an activating group) is 1. The van der Waals surface area contributed by atoms with E-state index in [1.807, 2.05) is 36.2 Å². The van der Waals surface area contributed by atoms with Crippen LogP contribution in [0.2, 0.25) is 5.02 Å². The molecule has 3 heterocycles. The Bertz CT molecular complexity index is 1270. The zero-order valence-corrected chi connectivity index (χ0v) is 18.9. The molecule has 2 aliphatic rings. The maximum absolute atomic E-state index is 12.2. The fraction of sp³-hybridized carbons (Fsp3) is 0.269. The number of fused-ring (bicyclic) bond motifs is 1. The lowest BCUT2D eigenvalue weighted by Gasteiger charge is -2.10. The Morgan fingerprint density at radius 3 is 2.66 bits per heavy atom. The third-order valence-electron chi connectivity index (χ3n) is 6.17. The highest BCUT2D eigenvalue weighted by Crippen LogP contribution is 2.28. The fourth-order valence-corrected chi connectivity index (χ4v) is 4.38. The van der Waals surface area contributed by atoms with Crippen molar-refractivity contribution in [3.8, 4) is 11.3 Å². The number of nitrogens with zero attached hydrogens (tertiary/aromatic N) is 4. The molecule has 162 valence electrons. The van der Waals surface area contributed by atoms with E-state index < -0.39 is 0 Å². The number of hydrogen-bond donors (Lipinski definition) is 0. The van der Waals surface area contributed by atoms with Crippen molar-refractivity contribution >= 4 is 34.9 Å². The van der Waals surface area contributed by atoms with Crippen LogP contribution in [0, 0.1) is 0 Å². The van der Waals surface area contributed by atoms with Crippen molar-refractivity contribution in [1.29, 1.82) is 0 Å². The Hall–Kier alpha value is -3.18. The van der Waals surface area contributed by atoms with Crippen LogP contribution in [0.1, 0.15) is 30.5 Å². The number of carbonyl (C=O) groups excluding carboxylic acids is 1. The maximum Gasteiger partial charge on any atom is 0.228 e. The predicted molar refractivity (Wildman–Crippen MR) is 129 cm³/mol. The molecule has 1 aliphatic carbocycles. The molecule has 0 N–H and O–H groups in total. The molecule has 6 heteroatoms. The van der Waals surface area contributed by atoms with Crippen LogP contribution in [0.15, 0.2) is 60.8 Å². The van der Waals surface area contributed by atoms with Gasteiger partial charge in [0, 0.05) is 23.8 Å². The molecule has 0 saturated carbocycles. The minimum Gasteiger partial charge on any atom is -0.339 e. The monoisotopic (exact) mass is 445 g/mol. The van der Waals surface area contributed by atoms with Crippen LogP contribution in [-0.2, 0) is 4.79 Å². The molecule has 0 radical (unpaired) electrons. The summed E-state index contributed by atoms with van der Waals surface area (Å²) >= 11 is 6.13. The molecule has 2 aromatic heterocycles. The fourth-order valence-electron chi connectivity index (χ4n) is 4.25. The second-order valence-corrected chi connectivity index (χ2v) is 8.80. The number of rotatable bonds is 3. The van der Waals surface area contributed by atoms with E-state index in [0.29, 0.717) is 24.5 Å². The van der Waals surface area contributed by atoms with Crippen molar-refractivity contribution in [1.82, 2.24) is 14.3 Å². The Labute approximate surface area is 193 Å². The summed E-state index contributed by atoms with van der Waals surface area (Å²) < 4.78 is 4.40. The topological polar surface area (TPSA) is 40.6 Å². The zero-order chi connectivity index (χ0) is 22.1.